The van der Waals surface area contributed by atoms with Crippen molar-refractivity contribution in [3.63, 3.8) is 0 Å². The first-order valence-electron chi connectivity index (χ1n) is 5.63. The molecule has 0 aliphatic heterocycles. The lowest BCUT2D eigenvalue weighted by molar-refractivity contribution is 0.102. The minimum atomic E-state index is -2.26. The van der Waals surface area contributed by atoms with Gasteiger partial charge >= 0.3 is 0 Å². The van der Waals surface area contributed by atoms with Crippen LogP contribution in [0.25, 0.3) is 0 Å². The van der Waals surface area contributed by atoms with Crippen LogP contribution in [0.5, 0.6) is 5.75 Å². The first kappa shape index (κ1) is 14.0. The molecule has 20 heavy (non-hydrogen) atoms. The number of hydrogen-bond donors (Lipinski definition) is 4. The molecule has 4 N–H and O–H groups in total. The largest absolute Gasteiger partial charge is 0.508 e. The number of phenols is 1. The van der Waals surface area contributed by atoms with Gasteiger partial charge < -0.3 is 10.4 Å². The van der Waals surface area contributed by atoms with Crippen LogP contribution in [-0.4, -0.2) is 19.8 Å². The van der Waals surface area contributed by atoms with E-state index in [1.54, 1.807) is 24.3 Å². The van der Waals surface area contributed by atoms with Gasteiger partial charge in [0.05, 0.1) is 11.3 Å². The van der Waals surface area contributed by atoms with E-state index in [-0.39, 0.29) is 17.0 Å². The molecule has 2 aromatic carbocycles. The minimum absolute atomic E-state index is 0.0979. The van der Waals surface area contributed by atoms with Crippen LogP contribution < -0.4 is 10.0 Å². The molecule has 0 aliphatic carbocycles. The van der Waals surface area contributed by atoms with Crippen LogP contribution in [0.3, 0.4) is 0 Å². The number of carbonyl (C=O) groups excluding carboxylic acids is 1. The van der Waals surface area contributed by atoms with Crippen molar-refractivity contribution in [3.8, 4) is 5.75 Å². The predicted molar refractivity (Wildman–Crippen MR) is 76.9 cm³/mol. The van der Waals surface area contributed by atoms with Gasteiger partial charge in [0.15, 0.2) is 0 Å². The molecule has 1 atom stereocenters. The summed E-state index contributed by atoms with van der Waals surface area (Å²) in [4.78, 5) is 12.1. The molecule has 0 radical (unpaired) electrons. The van der Waals surface area contributed by atoms with Crippen LogP contribution in [-0.2, 0) is 11.3 Å². The fourth-order valence-corrected chi connectivity index (χ4v) is 1.97. The summed E-state index contributed by atoms with van der Waals surface area (Å²) in [5, 5.41) is 11.8. The molecule has 0 bridgehead atoms. The van der Waals surface area contributed by atoms with Gasteiger partial charge in [0.2, 0.25) is 0 Å². The molecule has 0 fully saturated rings. The third-order valence-corrected chi connectivity index (χ3v) is 2.89. The van der Waals surface area contributed by atoms with Gasteiger partial charge in [-0.2, -0.15) is 0 Å². The van der Waals surface area contributed by atoms with Crippen LogP contribution in [0.1, 0.15) is 10.4 Å². The van der Waals surface area contributed by atoms with Gasteiger partial charge in [-0.05, 0) is 36.4 Å². The predicted octanol–water partition coefficient (Wildman–Crippen LogP) is 2.19. The van der Waals surface area contributed by atoms with E-state index in [9.17, 15) is 9.00 Å². The summed E-state index contributed by atoms with van der Waals surface area (Å²) < 4.78 is 21.9. The van der Waals surface area contributed by atoms with Crippen LogP contribution in [0.2, 0.25) is 0 Å². The van der Waals surface area contributed by atoms with Crippen molar-refractivity contribution in [1.82, 2.24) is 0 Å². The summed E-state index contributed by atoms with van der Waals surface area (Å²) >= 11 is -2.26. The van der Waals surface area contributed by atoms with Crippen molar-refractivity contribution < 1.29 is 18.7 Å². The lowest BCUT2D eigenvalue weighted by Gasteiger charge is -2.10. The highest BCUT2D eigenvalue weighted by Gasteiger charge is 2.12. The zero-order valence-electron chi connectivity index (χ0n) is 10.2. The molecule has 6 nitrogen and oxygen atoms in total. The summed E-state index contributed by atoms with van der Waals surface area (Å²) in [5.41, 5.74) is 1.00. The summed E-state index contributed by atoms with van der Waals surface area (Å²) in [6.45, 7) is 0. The van der Waals surface area contributed by atoms with E-state index >= 15 is 0 Å². The van der Waals surface area contributed by atoms with Crippen molar-refractivity contribution in [2.45, 2.75) is 0 Å². The van der Waals surface area contributed by atoms with E-state index in [0.717, 1.165) is 0 Å². The van der Waals surface area contributed by atoms with Crippen molar-refractivity contribution >= 4 is 28.5 Å². The van der Waals surface area contributed by atoms with E-state index in [1.165, 1.54) is 24.3 Å². The first-order valence-corrected chi connectivity index (χ1v) is 6.74. The number of hydrogen-bond acceptors (Lipinski definition) is 3. The average molecular weight is 292 g/mol. The summed E-state index contributed by atoms with van der Waals surface area (Å²) in [7, 11) is 0. The molecule has 0 spiro atoms. The molecule has 2 rings (SSSR count). The van der Waals surface area contributed by atoms with Gasteiger partial charge in [-0.25, -0.2) is 4.21 Å². The molecular formula is C13H12N2O4S. The Hall–Kier alpha value is -2.38. The molecular weight excluding hydrogens is 280 g/mol. The summed E-state index contributed by atoms with van der Waals surface area (Å²) in [6.07, 6.45) is 0. The second-order valence-electron chi connectivity index (χ2n) is 3.90. The maximum atomic E-state index is 12.1. The highest BCUT2D eigenvalue weighted by Crippen LogP contribution is 2.19. The van der Waals surface area contributed by atoms with E-state index in [1.807, 2.05) is 0 Å². The number of phenolic OH excluding ortho intramolecular Hbond substituents is 1. The number of para-hydroxylation sites is 1. The van der Waals surface area contributed by atoms with Crippen LogP contribution in [0.4, 0.5) is 11.4 Å². The Balaban J connectivity index is 2.20. The second kappa shape index (κ2) is 6.18. The number of carbonyl (C=O) groups is 1. The zero-order valence-corrected chi connectivity index (χ0v) is 11.1. The lowest BCUT2D eigenvalue weighted by atomic mass is 10.1. The Morgan fingerprint density at radius 1 is 1.05 bits per heavy atom. The van der Waals surface area contributed by atoms with E-state index in [2.05, 4.69) is 10.0 Å². The van der Waals surface area contributed by atoms with Crippen molar-refractivity contribution in [3.05, 3.63) is 54.1 Å². The molecule has 0 heterocycles. The molecule has 2 aromatic rings. The first-order chi connectivity index (χ1) is 9.56. The van der Waals surface area contributed by atoms with Gasteiger partial charge in [0.25, 0.3) is 17.2 Å². The maximum Gasteiger partial charge on any atom is 0.259 e. The monoisotopic (exact) mass is 292 g/mol. The highest BCUT2D eigenvalue weighted by molar-refractivity contribution is 7.80. The van der Waals surface area contributed by atoms with Gasteiger partial charge in [0, 0.05) is 5.69 Å². The highest BCUT2D eigenvalue weighted by atomic mass is 32.2. The van der Waals surface area contributed by atoms with Crippen LogP contribution in [0, 0.1) is 0 Å². The molecule has 0 saturated carbocycles. The van der Waals surface area contributed by atoms with Gasteiger partial charge in [-0.1, -0.05) is 12.1 Å². The molecule has 0 saturated heterocycles. The fraction of sp³-hybridized carbons (Fsp3) is 0. The fourth-order valence-electron chi connectivity index (χ4n) is 1.61. The number of amides is 1. The summed E-state index contributed by atoms with van der Waals surface area (Å²) in [5.74, 6) is -0.329. The van der Waals surface area contributed by atoms with E-state index in [4.69, 9.17) is 9.66 Å². The molecule has 0 aliphatic rings. The number of benzene rings is 2. The Kier molecular flexibility index (Phi) is 4.34. The van der Waals surface area contributed by atoms with Crippen LogP contribution >= 0.6 is 0 Å². The Morgan fingerprint density at radius 2 is 1.70 bits per heavy atom. The Labute approximate surface area is 117 Å². The number of rotatable bonds is 4. The number of aromatic hydroxyl groups is 1. The average Bonchev–Trinajstić information content (AvgIpc) is 2.41. The third kappa shape index (κ3) is 3.56. The smallest absolute Gasteiger partial charge is 0.259 e. The quantitative estimate of drug-likeness (QED) is 0.513. The standard InChI is InChI=1S/C13H12N2O4S/c16-10-7-5-9(6-8-10)14-13(17)11-3-1-2-4-12(11)15-20(18)19/h1-8,15-16H,(H,14,17)(H,18,19). The SMILES string of the molecule is O=C(Nc1ccc(O)cc1)c1ccccc1NS(=O)O. The molecule has 0 aromatic heterocycles. The molecule has 7 heteroatoms. The lowest BCUT2D eigenvalue weighted by Crippen LogP contribution is -2.15. The normalized spacial score (nSPS) is 11.7. The molecule has 104 valence electrons. The third-order valence-electron chi connectivity index (χ3n) is 2.49. The van der Waals surface area contributed by atoms with Gasteiger partial charge in [-0.15, -0.1) is 0 Å². The van der Waals surface area contributed by atoms with E-state index < -0.39 is 17.2 Å². The maximum absolute atomic E-state index is 12.1. The number of nitrogens with one attached hydrogen (secondary N) is 2. The Bertz CT molecular complexity index is 643. The number of anilines is 2. The van der Waals surface area contributed by atoms with Gasteiger partial charge in [-0.3, -0.25) is 14.1 Å². The molecule has 1 amide bonds. The van der Waals surface area contributed by atoms with Crippen LogP contribution in [0.15, 0.2) is 48.5 Å². The van der Waals surface area contributed by atoms with Crippen molar-refractivity contribution in [2.24, 2.45) is 0 Å². The van der Waals surface area contributed by atoms with Crippen molar-refractivity contribution in [1.29, 1.82) is 0 Å². The molecule has 1 unspecified atom stereocenters. The topological polar surface area (TPSA) is 98.7 Å². The zero-order chi connectivity index (χ0) is 14.5. The van der Waals surface area contributed by atoms with Gasteiger partial charge in [0.1, 0.15) is 5.75 Å². The minimum Gasteiger partial charge on any atom is -0.508 e. The Morgan fingerprint density at radius 3 is 2.35 bits per heavy atom. The summed E-state index contributed by atoms with van der Waals surface area (Å²) in [6, 6.07) is 12.3. The van der Waals surface area contributed by atoms with E-state index in [0.29, 0.717) is 5.69 Å². The second-order valence-corrected chi connectivity index (χ2v) is 4.60. The van der Waals surface area contributed by atoms with Crippen molar-refractivity contribution in [2.75, 3.05) is 10.0 Å².